The van der Waals surface area contributed by atoms with E-state index in [0.717, 1.165) is 5.56 Å². The van der Waals surface area contributed by atoms with E-state index < -0.39 is 5.41 Å². The van der Waals surface area contributed by atoms with E-state index in [1.54, 1.807) is 0 Å². The van der Waals surface area contributed by atoms with Gasteiger partial charge in [0.1, 0.15) is 6.61 Å². The minimum Gasteiger partial charge on any atom is -0.460 e. The van der Waals surface area contributed by atoms with E-state index in [4.69, 9.17) is 4.74 Å². The van der Waals surface area contributed by atoms with Gasteiger partial charge in [-0.1, -0.05) is 30.3 Å². The van der Waals surface area contributed by atoms with E-state index in [0.29, 0.717) is 6.61 Å². The van der Waals surface area contributed by atoms with Crippen molar-refractivity contribution in [3.63, 3.8) is 0 Å². The highest BCUT2D eigenvalue weighted by molar-refractivity contribution is 5.77. The van der Waals surface area contributed by atoms with E-state index in [2.05, 4.69) is 18.7 Å². The summed E-state index contributed by atoms with van der Waals surface area (Å²) in [5.41, 5.74) is 0.154. The monoisotopic (exact) mass is 263 g/mol. The zero-order chi connectivity index (χ0) is 14.7. The molecule has 0 fully saturated rings. The fraction of sp³-hybridized carbons (Fsp3) is 0.562. The normalized spacial score (nSPS) is 12.6. The molecule has 19 heavy (non-hydrogen) atoms. The summed E-state index contributed by atoms with van der Waals surface area (Å²) in [4.78, 5) is 14.4. The van der Waals surface area contributed by atoms with E-state index in [-0.39, 0.29) is 11.5 Å². The number of ether oxygens (including phenoxy) is 1. The van der Waals surface area contributed by atoms with Gasteiger partial charge in [-0.05, 0) is 47.4 Å². The molecule has 1 aromatic rings. The summed E-state index contributed by atoms with van der Waals surface area (Å²) in [5, 5.41) is 0. The van der Waals surface area contributed by atoms with Crippen LogP contribution in [0, 0.1) is 5.41 Å². The molecule has 0 amide bonds. The van der Waals surface area contributed by atoms with E-state index in [1.165, 1.54) is 0 Å². The molecule has 0 aliphatic heterocycles. The highest BCUT2D eigenvalue weighted by Crippen LogP contribution is 2.35. The van der Waals surface area contributed by atoms with Crippen LogP contribution in [0.3, 0.4) is 0 Å². The Morgan fingerprint density at radius 2 is 1.63 bits per heavy atom. The second kappa shape index (κ2) is 5.74. The maximum atomic E-state index is 12.3. The number of nitrogens with zero attached hydrogens (tertiary/aromatic N) is 1. The summed E-state index contributed by atoms with van der Waals surface area (Å²) in [6.45, 7) is 8.29. The first-order valence-electron chi connectivity index (χ1n) is 6.58. The van der Waals surface area contributed by atoms with Crippen LogP contribution in [0.15, 0.2) is 30.3 Å². The number of esters is 1. The lowest BCUT2D eigenvalue weighted by molar-refractivity contribution is -0.163. The molecule has 0 spiro atoms. The number of benzene rings is 1. The molecule has 1 rings (SSSR count). The molecule has 3 heteroatoms. The molecule has 1 aromatic carbocycles. The van der Waals surface area contributed by atoms with E-state index in [9.17, 15) is 4.79 Å². The average Bonchev–Trinajstić information content (AvgIpc) is 2.36. The molecule has 0 N–H and O–H groups in total. The highest BCUT2D eigenvalue weighted by atomic mass is 16.5. The molecule has 0 saturated carbocycles. The fourth-order valence-electron chi connectivity index (χ4n) is 1.71. The summed E-state index contributed by atoms with van der Waals surface area (Å²) in [5.74, 6) is -0.171. The van der Waals surface area contributed by atoms with Crippen molar-refractivity contribution < 1.29 is 9.53 Å². The Balaban J connectivity index is 2.72. The number of hydrogen-bond donors (Lipinski definition) is 0. The first kappa shape index (κ1) is 15.7. The predicted octanol–water partition coefficient (Wildman–Crippen LogP) is 3.10. The standard InChI is InChI=1S/C16H25NO2/c1-15(2,16(3,4)17(5)6)14(18)19-12-13-10-8-7-9-11-13/h7-11H,12H2,1-6H3. The van der Waals surface area contributed by atoms with Crippen LogP contribution in [0.5, 0.6) is 0 Å². The van der Waals surface area contributed by atoms with Crippen molar-refractivity contribution >= 4 is 5.97 Å². The summed E-state index contributed by atoms with van der Waals surface area (Å²) in [6.07, 6.45) is 0. The van der Waals surface area contributed by atoms with Crippen molar-refractivity contribution in [2.45, 2.75) is 39.8 Å². The average molecular weight is 263 g/mol. The largest absolute Gasteiger partial charge is 0.460 e. The molecule has 0 saturated heterocycles. The Morgan fingerprint density at radius 1 is 1.11 bits per heavy atom. The molecular weight excluding hydrogens is 238 g/mol. The molecule has 3 nitrogen and oxygen atoms in total. The third-order valence-electron chi connectivity index (χ3n) is 4.37. The van der Waals surface area contributed by atoms with Crippen molar-refractivity contribution in [2.24, 2.45) is 5.41 Å². The Morgan fingerprint density at radius 3 is 2.11 bits per heavy atom. The lowest BCUT2D eigenvalue weighted by Gasteiger charge is -2.44. The van der Waals surface area contributed by atoms with Gasteiger partial charge in [0.05, 0.1) is 5.41 Å². The van der Waals surface area contributed by atoms with Crippen molar-refractivity contribution in [1.82, 2.24) is 4.90 Å². The lowest BCUT2D eigenvalue weighted by Crippen LogP contribution is -2.54. The minimum atomic E-state index is -0.578. The second-order valence-electron chi connectivity index (χ2n) is 6.14. The third kappa shape index (κ3) is 3.35. The Bertz CT molecular complexity index is 422. The maximum Gasteiger partial charge on any atom is 0.313 e. The summed E-state index contributed by atoms with van der Waals surface area (Å²) in [6, 6.07) is 9.75. The minimum absolute atomic E-state index is 0.171. The summed E-state index contributed by atoms with van der Waals surface area (Å²) in [7, 11) is 3.96. The molecule has 0 atom stereocenters. The van der Waals surface area contributed by atoms with Gasteiger partial charge in [0.2, 0.25) is 0 Å². The number of rotatable bonds is 5. The zero-order valence-corrected chi connectivity index (χ0v) is 12.9. The first-order valence-corrected chi connectivity index (χ1v) is 6.58. The van der Waals surface area contributed by atoms with Crippen LogP contribution in [0.25, 0.3) is 0 Å². The van der Waals surface area contributed by atoms with Crippen molar-refractivity contribution in [3.8, 4) is 0 Å². The molecule has 0 bridgehead atoms. The van der Waals surface area contributed by atoms with E-state index in [1.807, 2.05) is 58.3 Å². The maximum absolute atomic E-state index is 12.3. The van der Waals surface area contributed by atoms with Crippen LogP contribution in [-0.4, -0.2) is 30.5 Å². The zero-order valence-electron chi connectivity index (χ0n) is 12.9. The summed E-state index contributed by atoms with van der Waals surface area (Å²) >= 11 is 0. The Labute approximate surface area is 116 Å². The first-order chi connectivity index (χ1) is 8.69. The van der Waals surface area contributed by atoms with Crippen molar-refractivity contribution in [2.75, 3.05) is 14.1 Å². The van der Waals surface area contributed by atoms with Gasteiger partial charge < -0.3 is 9.64 Å². The van der Waals surface area contributed by atoms with Gasteiger partial charge in [-0.2, -0.15) is 0 Å². The van der Waals surface area contributed by atoms with Crippen LogP contribution in [0.4, 0.5) is 0 Å². The molecule has 0 heterocycles. The van der Waals surface area contributed by atoms with Crippen molar-refractivity contribution in [3.05, 3.63) is 35.9 Å². The number of carbonyl (C=O) groups is 1. The van der Waals surface area contributed by atoms with Crippen LogP contribution in [0.1, 0.15) is 33.3 Å². The fourth-order valence-corrected chi connectivity index (χ4v) is 1.71. The van der Waals surface area contributed by atoms with Gasteiger partial charge in [0, 0.05) is 5.54 Å². The summed E-state index contributed by atoms with van der Waals surface area (Å²) < 4.78 is 5.46. The van der Waals surface area contributed by atoms with Crippen LogP contribution in [-0.2, 0) is 16.1 Å². The molecule has 0 aromatic heterocycles. The van der Waals surface area contributed by atoms with Crippen LogP contribution >= 0.6 is 0 Å². The Hall–Kier alpha value is -1.35. The molecule has 0 aliphatic carbocycles. The Kier molecular flexibility index (Phi) is 4.75. The van der Waals surface area contributed by atoms with Crippen LogP contribution < -0.4 is 0 Å². The quantitative estimate of drug-likeness (QED) is 0.765. The van der Waals surface area contributed by atoms with Crippen LogP contribution in [0.2, 0.25) is 0 Å². The van der Waals surface area contributed by atoms with Gasteiger partial charge in [-0.25, -0.2) is 0 Å². The van der Waals surface area contributed by atoms with Gasteiger partial charge in [0.15, 0.2) is 0 Å². The van der Waals surface area contributed by atoms with Gasteiger partial charge >= 0.3 is 5.97 Å². The second-order valence-corrected chi connectivity index (χ2v) is 6.14. The molecular formula is C16H25NO2. The topological polar surface area (TPSA) is 29.5 Å². The molecule has 0 aliphatic rings. The molecule has 0 unspecified atom stereocenters. The highest BCUT2D eigenvalue weighted by Gasteiger charge is 2.45. The third-order valence-corrected chi connectivity index (χ3v) is 4.37. The lowest BCUT2D eigenvalue weighted by atomic mass is 9.73. The van der Waals surface area contributed by atoms with Crippen molar-refractivity contribution in [1.29, 1.82) is 0 Å². The molecule has 106 valence electrons. The number of hydrogen-bond acceptors (Lipinski definition) is 3. The van der Waals surface area contributed by atoms with Gasteiger partial charge in [0.25, 0.3) is 0 Å². The van der Waals surface area contributed by atoms with Gasteiger partial charge in [-0.15, -0.1) is 0 Å². The molecule has 0 radical (unpaired) electrons. The van der Waals surface area contributed by atoms with E-state index >= 15 is 0 Å². The smallest absolute Gasteiger partial charge is 0.313 e. The number of carbonyl (C=O) groups excluding carboxylic acids is 1. The SMILES string of the molecule is CN(C)C(C)(C)C(C)(C)C(=O)OCc1ccccc1. The predicted molar refractivity (Wildman–Crippen MR) is 77.8 cm³/mol. The van der Waals surface area contributed by atoms with Gasteiger partial charge in [-0.3, -0.25) is 4.79 Å².